The fraction of sp³-hybridized carbons (Fsp3) is 0.200. The van der Waals surface area contributed by atoms with Crippen LogP contribution in [0.4, 0.5) is 0 Å². The molecule has 1 rings (SSSR count). The van der Waals surface area contributed by atoms with Crippen molar-refractivity contribution in [3.63, 3.8) is 0 Å². The van der Waals surface area contributed by atoms with E-state index in [0.717, 1.165) is 18.4 Å². The first-order valence-electron chi connectivity index (χ1n) is 4.15. The summed E-state index contributed by atoms with van der Waals surface area (Å²) in [7, 11) is 0. The third-order valence-corrected chi connectivity index (χ3v) is 1.68. The van der Waals surface area contributed by atoms with E-state index in [4.69, 9.17) is 5.41 Å². The van der Waals surface area contributed by atoms with Gasteiger partial charge in [0.25, 0.3) is 0 Å². The Balaban J connectivity index is 2.77. The molecular formula is C10H12N2O. The van der Waals surface area contributed by atoms with Crippen molar-refractivity contribution in [2.24, 2.45) is 0 Å². The molecule has 0 saturated carbocycles. The normalized spacial score (nSPS) is 18.7. The molecule has 0 bridgehead atoms. The minimum atomic E-state index is 0.366. The van der Waals surface area contributed by atoms with E-state index in [1.54, 1.807) is 24.4 Å². The maximum Gasteiger partial charge on any atom is 0.150 e. The van der Waals surface area contributed by atoms with Gasteiger partial charge in [0.2, 0.25) is 0 Å². The highest BCUT2D eigenvalue weighted by Crippen LogP contribution is 2.10. The molecule has 13 heavy (non-hydrogen) atoms. The van der Waals surface area contributed by atoms with Crippen LogP contribution in [0, 0.1) is 5.41 Å². The summed E-state index contributed by atoms with van der Waals surface area (Å²) >= 11 is 0. The Morgan fingerprint density at radius 2 is 2.31 bits per heavy atom. The van der Waals surface area contributed by atoms with E-state index >= 15 is 0 Å². The van der Waals surface area contributed by atoms with Crippen LogP contribution in [-0.4, -0.2) is 18.5 Å². The summed E-state index contributed by atoms with van der Waals surface area (Å²) in [4.78, 5) is 10.4. The van der Waals surface area contributed by atoms with Crippen LogP contribution >= 0.6 is 0 Å². The van der Waals surface area contributed by atoms with Gasteiger partial charge in [-0.2, -0.15) is 0 Å². The average Bonchev–Trinajstić information content (AvgIpc) is 2.16. The molecule has 0 spiro atoms. The van der Waals surface area contributed by atoms with Gasteiger partial charge in [0.05, 0.1) is 5.71 Å². The van der Waals surface area contributed by atoms with E-state index in [-0.39, 0.29) is 0 Å². The second-order valence-electron chi connectivity index (χ2n) is 2.67. The molecule has 68 valence electrons. The van der Waals surface area contributed by atoms with Gasteiger partial charge >= 0.3 is 0 Å². The number of hydrogen-bond acceptors (Lipinski definition) is 3. The molecule has 0 radical (unpaired) electrons. The molecule has 3 heteroatoms. The quantitative estimate of drug-likeness (QED) is 0.635. The van der Waals surface area contributed by atoms with Crippen molar-refractivity contribution in [3.8, 4) is 0 Å². The summed E-state index contributed by atoms with van der Waals surface area (Å²) in [6, 6.07) is 0. The van der Waals surface area contributed by atoms with Crippen LogP contribution in [0.1, 0.15) is 6.92 Å². The second kappa shape index (κ2) is 4.40. The highest BCUT2D eigenvalue weighted by atomic mass is 16.1. The van der Waals surface area contributed by atoms with E-state index in [2.05, 4.69) is 5.32 Å². The Labute approximate surface area is 77.3 Å². The molecule has 0 fully saturated rings. The Bertz CT molecular complexity index is 311. The molecule has 0 aliphatic heterocycles. The molecule has 0 aromatic heterocycles. The SMILES string of the molecule is CCN/C=C1/C=CC(C=O)=CC1=N. The monoisotopic (exact) mass is 176 g/mol. The Kier molecular flexibility index (Phi) is 3.20. The number of rotatable bonds is 3. The Morgan fingerprint density at radius 3 is 2.85 bits per heavy atom. The smallest absolute Gasteiger partial charge is 0.150 e. The van der Waals surface area contributed by atoms with Crippen LogP contribution in [0.15, 0.2) is 35.6 Å². The van der Waals surface area contributed by atoms with Gasteiger partial charge in [-0.3, -0.25) is 4.79 Å². The lowest BCUT2D eigenvalue weighted by Crippen LogP contribution is -2.09. The molecule has 1 aliphatic rings. The number of allylic oxidation sites excluding steroid dienone is 5. The van der Waals surface area contributed by atoms with Gasteiger partial charge in [-0.1, -0.05) is 12.2 Å². The van der Waals surface area contributed by atoms with Crippen molar-refractivity contribution >= 4 is 12.0 Å². The number of aldehydes is 1. The van der Waals surface area contributed by atoms with Crippen LogP contribution < -0.4 is 5.32 Å². The van der Waals surface area contributed by atoms with Gasteiger partial charge in [0, 0.05) is 23.9 Å². The lowest BCUT2D eigenvalue weighted by molar-refractivity contribution is -0.104. The van der Waals surface area contributed by atoms with Crippen molar-refractivity contribution in [1.82, 2.24) is 5.32 Å². The highest BCUT2D eigenvalue weighted by Gasteiger charge is 2.05. The standard InChI is InChI=1S/C10H12N2O/c1-2-12-6-9-4-3-8(7-13)5-10(9)11/h3-7,11-12H,2H2,1H3/b9-6-,11-10?. The van der Waals surface area contributed by atoms with E-state index in [9.17, 15) is 4.79 Å². The summed E-state index contributed by atoms with van der Waals surface area (Å²) in [5.41, 5.74) is 1.71. The topological polar surface area (TPSA) is 53.0 Å². The van der Waals surface area contributed by atoms with Crippen molar-refractivity contribution in [3.05, 3.63) is 35.6 Å². The summed E-state index contributed by atoms with van der Waals surface area (Å²) in [5, 5.41) is 10.6. The largest absolute Gasteiger partial charge is 0.391 e. The molecule has 0 heterocycles. The first kappa shape index (κ1) is 9.45. The Hall–Kier alpha value is -1.64. The van der Waals surface area contributed by atoms with Gasteiger partial charge in [0.1, 0.15) is 6.29 Å². The van der Waals surface area contributed by atoms with Gasteiger partial charge in [-0.25, -0.2) is 0 Å². The summed E-state index contributed by atoms with van der Waals surface area (Å²) in [6.07, 6.45) is 7.53. The number of hydrogen-bond donors (Lipinski definition) is 2. The van der Waals surface area contributed by atoms with Crippen molar-refractivity contribution in [1.29, 1.82) is 5.41 Å². The van der Waals surface area contributed by atoms with E-state index in [1.807, 2.05) is 6.92 Å². The predicted molar refractivity (Wildman–Crippen MR) is 52.8 cm³/mol. The van der Waals surface area contributed by atoms with Crippen molar-refractivity contribution in [2.45, 2.75) is 6.92 Å². The van der Waals surface area contributed by atoms with Crippen LogP contribution in [-0.2, 0) is 4.79 Å². The molecule has 0 saturated heterocycles. The molecule has 3 nitrogen and oxygen atoms in total. The lowest BCUT2D eigenvalue weighted by atomic mass is 10.0. The first-order valence-corrected chi connectivity index (χ1v) is 4.15. The van der Waals surface area contributed by atoms with Crippen molar-refractivity contribution < 1.29 is 4.79 Å². The fourth-order valence-corrected chi connectivity index (χ4v) is 0.985. The highest BCUT2D eigenvalue weighted by molar-refractivity contribution is 6.12. The van der Waals surface area contributed by atoms with Crippen LogP contribution in [0.25, 0.3) is 0 Å². The number of carbonyl (C=O) groups is 1. The molecular weight excluding hydrogens is 164 g/mol. The summed E-state index contributed by atoms with van der Waals surface area (Å²) in [5.74, 6) is 0. The van der Waals surface area contributed by atoms with Crippen LogP contribution in [0.5, 0.6) is 0 Å². The van der Waals surface area contributed by atoms with Crippen LogP contribution in [0.3, 0.4) is 0 Å². The van der Waals surface area contributed by atoms with Gasteiger partial charge in [-0.05, 0) is 13.0 Å². The second-order valence-corrected chi connectivity index (χ2v) is 2.67. The molecule has 0 aromatic carbocycles. The molecule has 2 N–H and O–H groups in total. The maximum absolute atomic E-state index is 10.4. The molecule has 1 aliphatic carbocycles. The summed E-state index contributed by atoms with van der Waals surface area (Å²) < 4.78 is 0. The lowest BCUT2D eigenvalue weighted by Gasteiger charge is -2.06. The predicted octanol–water partition coefficient (Wildman–Crippen LogP) is 1.19. The minimum Gasteiger partial charge on any atom is -0.391 e. The summed E-state index contributed by atoms with van der Waals surface area (Å²) in [6.45, 7) is 2.81. The van der Waals surface area contributed by atoms with Gasteiger partial charge in [0.15, 0.2) is 0 Å². The Morgan fingerprint density at radius 1 is 1.54 bits per heavy atom. The number of carbonyl (C=O) groups excluding carboxylic acids is 1. The maximum atomic E-state index is 10.4. The van der Waals surface area contributed by atoms with E-state index in [1.165, 1.54) is 0 Å². The molecule has 0 unspecified atom stereocenters. The third-order valence-electron chi connectivity index (χ3n) is 1.68. The first-order chi connectivity index (χ1) is 6.27. The zero-order valence-corrected chi connectivity index (χ0v) is 7.50. The van der Waals surface area contributed by atoms with E-state index in [0.29, 0.717) is 11.3 Å². The van der Waals surface area contributed by atoms with E-state index < -0.39 is 0 Å². The number of nitrogens with one attached hydrogen (secondary N) is 2. The third kappa shape index (κ3) is 2.40. The van der Waals surface area contributed by atoms with Gasteiger partial charge in [-0.15, -0.1) is 0 Å². The fourth-order valence-electron chi connectivity index (χ4n) is 0.985. The minimum absolute atomic E-state index is 0.366. The zero-order chi connectivity index (χ0) is 9.68. The molecule has 0 amide bonds. The molecule has 0 aromatic rings. The zero-order valence-electron chi connectivity index (χ0n) is 7.50. The van der Waals surface area contributed by atoms with Gasteiger partial charge < -0.3 is 10.7 Å². The van der Waals surface area contributed by atoms with Crippen LogP contribution in [0.2, 0.25) is 0 Å². The average molecular weight is 176 g/mol. The molecule has 0 atom stereocenters. The van der Waals surface area contributed by atoms with Crippen molar-refractivity contribution in [2.75, 3.05) is 6.54 Å².